The minimum absolute atomic E-state index is 0.0134. The number of piperazine rings is 1. The van der Waals surface area contributed by atoms with Crippen LogP contribution in [0.2, 0.25) is 0 Å². The maximum atomic E-state index is 13.1. The quantitative estimate of drug-likeness (QED) is 0.582. The Labute approximate surface area is 205 Å². The second-order valence-electron chi connectivity index (χ2n) is 9.09. The normalized spacial score (nSPS) is 14.4. The molecule has 8 heteroatoms. The van der Waals surface area contributed by atoms with Gasteiger partial charge in [-0.1, -0.05) is 18.2 Å². The number of carbonyl (C=O) groups excluding carboxylic acids is 2. The Hall–Kier alpha value is -2.97. The van der Waals surface area contributed by atoms with Crippen molar-refractivity contribution in [2.45, 2.75) is 41.2 Å². The van der Waals surface area contributed by atoms with E-state index >= 15 is 0 Å². The molecule has 1 saturated heterocycles. The van der Waals surface area contributed by atoms with Crippen molar-refractivity contribution in [3.63, 3.8) is 0 Å². The predicted molar refractivity (Wildman–Crippen MR) is 137 cm³/mol. The van der Waals surface area contributed by atoms with Crippen molar-refractivity contribution in [3.05, 3.63) is 57.2 Å². The topological polar surface area (TPSA) is 70.5 Å². The van der Waals surface area contributed by atoms with E-state index in [1.807, 2.05) is 50.8 Å². The van der Waals surface area contributed by atoms with Gasteiger partial charge in [0, 0.05) is 54.2 Å². The van der Waals surface area contributed by atoms with E-state index in [9.17, 15) is 9.59 Å². The molecule has 1 aliphatic rings. The maximum Gasteiger partial charge on any atom is 0.242 e. The molecule has 1 N–H and O–H groups in total. The lowest BCUT2D eigenvalue weighted by Gasteiger charge is -2.34. The SMILES string of the molecule is Cc1nc(-c2cc(C)n(CC(=O)N3CCN(CC(=O)Nc4c(C)cccc4C)CC3)c2C)cs1. The van der Waals surface area contributed by atoms with Gasteiger partial charge in [0.05, 0.1) is 17.2 Å². The summed E-state index contributed by atoms with van der Waals surface area (Å²) in [6.07, 6.45) is 0. The molecule has 34 heavy (non-hydrogen) atoms. The van der Waals surface area contributed by atoms with Gasteiger partial charge in [0.2, 0.25) is 11.8 Å². The fraction of sp³-hybridized carbons (Fsp3) is 0.423. The van der Waals surface area contributed by atoms with Gasteiger partial charge in [-0.05, 0) is 51.8 Å². The van der Waals surface area contributed by atoms with Gasteiger partial charge in [0.25, 0.3) is 0 Å². The fourth-order valence-corrected chi connectivity index (χ4v) is 5.19. The van der Waals surface area contributed by atoms with Crippen molar-refractivity contribution in [1.29, 1.82) is 0 Å². The number of thiazole rings is 1. The van der Waals surface area contributed by atoms with Crippen LogP contribution in [0.15, 0.2) is 29.6 Å². The molecule has 2 amide bonds. The highest BCUT2D eigenvalue weighted by atomic mass is 32.1. The molecule has 180 valence electrons. The Kier molecular flexibility index (Phi) is 7.19. The first-order chi connectivity index (χ1) is 16.2. The molecule has 4 rings (SSSR count). The van der Waals surface area contributed by atoms with Crippen molar-refractivity contribution < 1.29 is 9.59 Å². The number of benzene rings is 1. The molecule has 1 aliphatic heterocycles. The molecule has 0 atom stereocenters. The van der Waals surface area contributed by atoms with Gasteiger partial charge in [0.1, 0.15) is 6.54 Å². The van der Waals surface area contributed by atoms with E-state index in [1.165, 1.54) is 0 Å². The molecule has 3 aromatic rings. The van der Waals surface area contributed by atoms with Crippen LogP contribution in [0.1, 0.15) is 27.5 Å². The van der Waals surface area contributed by atoms with Crippen LogP contribution >= 0.6 is 11.3 Å². The Morgan fingerprint density at radius 2 is 1.68 bits per heavy atom. The fourth-order valence-electron chi connectivity index (χ4n) is 4.58. The van der Waals surface area contributed by atoms with E-state index in [-0.39, 0.29) is 11.8 Å². The van der Waals surface area contributed by atoms with Crippen LogP contribution in [0, 0.1) is 34.6 Å². The minimum atomic E-state index is -0.0134. The largest absolute Gasteiger partial charge is 0.339 e. The molecule has 3 heterocycles. The van der Waals surface area contributed by atoms with Crippen molar-refractivity contribution in [2.75, 3.05) is 38.0 Å². The second-order valence-corrected chi connectivity index (χ2v) is 10.2. The lowest BCUT2D eigenvalue weighted by atomic mass is 10.1. The molecule has 0 radical (unpaired) electrons. The zero-order valence-corrected chi connectivity index (χ0v) is 21.5. The summed E-state index contributed by atoms with van der Waals surface area (Å²) < 4.78 is 2.08. The van der Waals surface area contributed by atoms with Gasteiger partial charge in [-0.25, -0.2) is 4.98 Å². The highest BCUT2D eigenvalue weighted by molar-refractivity contribution is 7.09. The maximum absolute atomic E-state index is 13.1. The molecule has 0 bridgehead atoms. The Morgan fingerprint density at radius 1 is 1.00 bits per heavy atom. The molecular formula is C26H33N5O2S. The van der Waals surface area contributed by atoms with E-state index in [0.717, 1.165) is 44.5 Å². The van der Waals surface area contributed by atoms with Gasteiger partial charge >= 0.3 is 0 Å². The molecule has 7 nitrogen and oxygen atoms in total. The highest BCUT2D eigenvalue weighted by Gasteiger charge is 2.24. The van der Waals surface area contributed by atoms with Gasteiger partial charge in [-0.3, -0.25) is 14.5 Å². The molecule has 0 saturated carbocycles. The predicted octanol–water partition coefficient (Wildman–Crippen LogP) is 3.94. The number of nitrogens with zero attached hydrogens (tertiary/aromatic N) is 4. The van der Waals surface area contributed by atoms with Crippen LogP contribution in [0.25, 0.3) is 11.3 Å². The lowest BCUT2D eigenvalue weighted by Crippen LogP contribution is -2.51. The van der Waals surface area contributed by atoms with Crippen LogP contribution in [0.5, 0.6) is 0 Å². The summed E-state index contributed by atoms with van der Waals surface area (Å²) in [7, 11) is 0. The average molecular weight is 480 g/mol. The van der Waals surface area contributed by atoms with Crippen molar-refractivity contribution >= 4 is 28.8 Å². The third-order valence-corrected chi connectivity index (χ3v) is 7.37. The minimum Gasteiger partial charge on any atom is -0.339 e. The summed E-state index contributed by atoms with van der Waals surface area (Å²) >= 11 is 1.64. The van der Waals surface area contributed by atoms with Crippen molar-refractivity contribution in [1.82, 2.24) is 19.4 Å². The average Bonchev–Trinajstić information content (AvgIpc) is 3.35. The summed E-state index contributed by atoms with van der Waals surface area (Å²) in [5, 5.41) is 6.16. The van der Waals surface area contributed by atoms with Crippen LogP contribution in [0.3, 0.4) is 0 Å². The standard InChI is InChI=1S/C26H33N5O2S/c1-17-7-6-8-18(2)26(17)28-24(32)14-29-9-11-30(12-10-29)25(33)15-31-19(3)13-22(20(31)4)23-16-34-21(5)27-23/h6-8,13,16H,9-12,14-15H2,1-5H3,(H,28,32). The molecule has 0 aliphatic carbocycles. The number of amides is 2. The first kappa shape index (κ1) is 24.2. The van der Waals surface area contributed by atoms with Crippen LogP contribution in [-0.4, -0.2) is 63.9 Å². The first-order valence-electron chi connectivity index (χ1n) is 11.7. The molecule has 1 fully saturated rings. The second kappa shape index (κ2) is 10.1. The number of carbonyl (C=O) groups is 2. The van der Waals surface area contributed by atoms with Crippen molar-refractivity contribution in [2.24, 2.45) is 0 Å². The molecule has 1 aromatic carbocycles. The van der Waals surface area contributed by atoms with Gasteiger partial charge < -0.3 is 14.8 Å². The number of aromatic nitrogens is 2. The lowest BCUT2D eigenvalue weighted by molar-refractivity contribution is -0.133. The van der Waals surface area contributed by atoms with E-state index in [2.05, 4.69) is 38.1 Å². The third-order valence-electron chi connectivity index (χ3n) is 6.60. The van der Waals surface area contributed by atoms with E-state index in [1.54, 1.807) is 11.3 Å². The van der Waals surface area contributed by atoms with Gasteiger partial charge in [0.15, 0.2) is 0 Å². The number of nitrogens with one attached hydrogen (secondary N) is 1. The summed E-state index contributed by atoms with van der Waals surface area (Å²) in [6.45, 7) is 13.4. The Morgan fingerprint density at radius 3 is 2.29 bits per heavy atom. The zero-order valence-electron chi connectivity index (χ0n) is 20.6. The number of hydrogen-bond donors (Lipinski definition) is 1. The van der Waals surface area contributed by atoms with E-state index in [0.29, 0.717) is 39.3 Å². The highest BCUT2D eigenvalue weighted by Crippen LogP contribution is 2.28. The first-order valence-corrected chi connectivity index (χ1v) is 12.6. The van der Waals surface area contributed by atoms with Crippen LogP contribution < -0.4 is 5.32 Å². The van der Waals surface area contributed by atoms with E-state index < -0.39 is 0 Å². The Bertz CT molecular complexity index is 1180. The molecular weight excluding hydrogens is 446 g/mol. The molecule has 2 aromatic heterocycles. The third kappa shape index (κ3) is 5.23. The zero-order chi connectivity index (χ0) is 24.4. The smallest absolute Gasteiger partial charge is 0.242 e. The molecule has 0 unspecified atom stereocenters. The summed E-state index contributed by atoms with van der Waals surface area (Å²) in [4.78, 5) is 34.3. The number of hydrogen-bond acceptors (Lipinski definition) is 5. The van der Waals surface area contributed by atoms with Crippen molar-refractivity contribution in [3.8, 4) is 11.3 Å². The monoisotopic (exact) mass is 479 g/mol. The number of para-hydroxylation sites is 1. The number of anilines is 1. The van der Waals surface area contributed by atoms with E-state index in [4.69, 9.17) is 0 Å². The summed E-state index contributed by atoms with van der Waals surface area (Å²) in [5.74, 6) is 0.100. The molecule has 0 spiro atoms. The van der Waals surface area contributed by atoms with Gasteiger partial charge in [-0.15, -0.1) is 11.3 Å². The number of rotatable bonds is 6. The summed E-state index contributed by atoms with van der Waals surface area (Å²) in [6, 6.07) is 8.11. The van der Waals surface area contributed by atoms with Crippen LogP contribution in [0.4, 0.5) is 5.69 Å². The van der Waals surface area contributed by atoms with Gasteiger partial charge in [-0.2, -0.15) is 0 Å². The van der Waals surface area contributed by atoms with Crippen LogP contribution in [-0.2, 0) is 16.1 Å². The summed E-state index contributed by atoms with van der Waals surface area (Å²) in [5.41, 5.74) is 7.22. The Balaban J connectivity index is 1.31. The number of aryl methyl sites for hydroxylation is 4.